The maximum atomic E-state index is 13.5. The topological polar surface area (TPSA) is 20.3 Å². The van der Waals surface area contributed by atoms with Gasteiger partial charge in [0.15, 0.2) is 11.6 Å². The van der Waals surface area contributed by atoms with Crippen LogP contribution in [0, 0.1) is 11.6 Å². The van der Waals surface area contributed by atoms with E-state index in [0.29, 0.717) is 12.2 Å². The van der Waals surface area contributed by atoms with E-state index in [1.807, 2.05) is 49.4 Å². The number of fused-ring (bicyclic) bond motifs is 1. The number of rotatable bonds is 4. The zero-order valence-corrected chi connectivity index (χ0v) is 13.3. The molecule has 3 aromatic rings. The molecule has 0 aliphatic rings. The lowest BCUT2D eigenvalue weighted by molar-refractivity contribution is -0.117. The van der Waals surface area contributed by atoms with Crippen LogP contribution in [0.1, 0.15) is 12.5 Å². The first-order valence-corrected chi connectivity index (χ1v) is 7.82. The number of nitrogens with zero attached hydrogens (tertiary/aromatic N) is 1. The van der Waals surface area contributed by atoms with Gasteiger partial charge < -0.3 is 4.90 Å². The molecular formula is C20H17F2NO. The molecule has 0 bridgehead atoms. The largest absolute Gasteiger partial charge is 0.312 e. The minimum absolute atomic E-state index is 0.153. The normalized spacial score (nSPS) is 10.8. The molecular weight excluding hydrogens is 308 g/mol. The van der Waals surface area contributed by atoms with Gasteiger partial charge >= 0.3 is 0 Å². The van der Waals surface area contributed by atoms with Crippen LogP contribution < -0.4 is 4.90 Å². The van der Waals surface area contributed by atoms with Gasteiger partial charge in [-0.15, -0.1) is 0 Å². The molecule has 4 heteroatoms. The fraction of sp³-hybridized carbons (Fsp3) is 0.150. The van der Waals surface area contributed by atoms with Crippen molar-refractivity contribution >= 4 is 22.4 Å². The van der Waals surface area contributed by atoms with Gasteiger partial charge in [-0.25, -0.2) is 8.78 Å². The van der Waals surface area contributed by atoms with Crippen LogP contribution in [0.15, 0.2) is 60.7 Å². The van der Waals surface area contributed by atoms with Gasteiger partial charge in [0, 0.05) is 18.3 Å². The summed E-state index contributed by atoms with van der Waals surface area (Å²) in [5, 5.41) is 2.09. The van der Waals surface area contributed by atoms with Crippen molar-refractivity contribution in [3.05, 3.63) is 77.9 Å². The smallest absolute Gasteiger partial charge is 0.231 e. The Bertz CT molecular complexity index is 886. The third-order valence-corrected chi connectivity index (χ3v) is 4.05. The summed E-state index contributed by atoms with van der Waals surface area (Å²) in [6.45, 7) is 2.19. The van der Waals surface area contributed by atoms with Crippen LogP contribution in [0.4, 0.5) is 14.5 Å². The number of likely N-dealkylation sites (N-methyl/N-ethyl adjacent to an activating group) is 1. The van der Waals surface area contributed by atoms with Gasteiger partial charge in [-0.1, -0.05) is 42.5 Å². The standard InChI is InChI=1S/C20H17F2NO/c1-2-23(16-10-11-18(21)19(22)13-16)20(24)12-15-8-5-7-14-6-3-4-9-17(14)15/h3-11,13H,2,12H2,1H3. The third kappa shape index (κ3) is 3.13. The number of anilines is 1. The van der Waals surface area contributed by atoms with E-state index in [4.69, 9.17) is 0 Å². The number of hydrogen-bond acceptors (Lipinski definition) is 1. The molecule has 3 aromatic carbocycles. The predicted octanol–water partition coefficient (Wildman–Crippen LogP) is 4.71. The van der Waals surface area contributed by atoms with Gasteiger partial charge in [-0.2, -0.15) is 0 Å². The highest BCUT2D eigenvalue weighted by Gasteiger charge is 2.17. The Morgan fingerprint density at radius 1 is 0.958 bits per heavy atom. The van der Waals surface area contributed by atoms with Crippen LogP contribution in [0.2, 0.25) is 0 Å². The molecule has 0 unspecified atom stereocenters. The fourth-order valence-corrected chi connectivity index (χ4v) is 2.86. The zero-order chi connectivity index (χ0) is 17.1. The molecule has 3 rings (SSSR count). The van der Waals surface area contributed by atoms with E-state index in [1.165, 1.54) is 11.0 Å². The Balaban J connectivity index is 1.90. The molecule has 2 nitrogen and oxygen atoms in total. The lowest BCUT2D eigenvalue weighted by Gasteiger charge is -2.21. The van der Waals surface area contributed by atoms with Gasteiger partial charge in [0.2, 0.25) is 5.91 Å². The molecule has 0 aliphatic heterocycles. The van der Waals surface area contributed by atoms with Crippen molar-refractivity contribution in [2.75, 3.05) is 11.4 Å². The molecule has 0 aliphatic carbocycles. The highest BCUT2D eigenvalue weighted by Crippen LogP contribution is 2.22. The van der Waals surface area contributed by atoms with Crippen LogP contribution in [0.3, 0.4) is 0 Å². The van der Waals surface area contributed by atoms with Crippen molar-refractivity contribution in [2.24, 2.45) is 0 Å². The Morgan fingerprint density at radius 3 is 2.46 bits per heavy atom. The zero-order valence-electron chi connectivity index (χ0n) is 13.3. The van der Waals surface area contributed by atoms with E-state index in [1.54, 1.807) is 0 Å². The number of hydrogen-bond donors (Lipinski definition) is 0. The van der Waals surface area contributed by atoms with E-state index in [0.717, 1.165) is 28.5 Å². The predicted molar refractivity (Wildman–Crippen MR) is 92.0 cm³/mol. The molecule has 0 saturated carbocycles. The molecule has 0 spiro atoms. The second kappa shape index (κ2) is 6.79. The van der Waals surface area contributed by atoms with Gasteiger partial charge in [-0.3, -0.25) is 4.79 Å². The quantitative estimate of drug-likeness (QED) is 0.680. The second-order valence-corrected chi connectivity index (χ2v) is 5.55. The average molecular weight is 325 g/mol. The fourth-order valence-electron chi connectivity index (χ4n) is 2.86. The van der Waals surface area contributed by atoms with Crippen molar-refractivity contribution in [1.82, 2.24) is 0 Å². The molecule has 1 amide bonds. The molecule has 0 radical (unpaired) electrons. The summed E-state index contributed by atoms with van der Waals surface area (Å²) in [6.07, 6.45) is 0.203. The van der Waals surface area contributed by atoms with Crippen molar-refractivity contribution in [2.45, 2.75) is 13.3 Å². The van der Waals surface area contributed by atoms with Crippen molar-refractivity contribution in [3.63, 3.8) is 0 Å². The third-order valence-electron chi connectivity index (χ3n) is 4.05. The van der Waals surface area contributed by atoms with Gasteiger partial charge in [0.1, 0.15) is 0 Å². The number of amides is 1. The van der Waals surface area contributed by atoms with Crippen LogP contribution in [-0.2, 0) is 11.2 Å². The van der Waals surface area contributed by atoms with Crippen LogP contribution in [-0.4, -0.2) is 12.5 Å². The minimum Gasteiger partial charge on any atom is -0.312 e. The lowest BCUT2D eigenvalue weighted by atomic mass is 10.0. The summed E-state index contributed by atoms with van der Waals surface area (Å²) in [5.41, 5.74) is 1.28. The minimum atomic E-state index is -0.955. The van der Waals surface area contributed by atoms with E-state index in [-0.39, 0.29) is 12.3 Å². The molecule has 0 fully saturated rings. The Morgan fingerprint density at radius 2 is 1.71 bits per heavy atom. The van der Waals surface area contributed by atoms with Crippen LogP contribution in [0.25, 0.3) is 10.8 Å². The molecule has 0 heterocycles. The molecule has 0 atom stereocenters. The highest BCUT2D eigenvalue weighted by molar-refractivity contribution is 5.97. The maximum absolute atomic E-state index is 13.5. The lowest BCUT2D eigenvalue weighted by Crippen LogP contribution is -2.32. The summed E-state index contributed by atoms with van der Waals surface area (Å²) in [6, 6.07) is 17.2. The van der Waals surface area contributed by atoms with Gasteiger partial charge in [-0.05, 0) is 35.4 Å². The first kappa shape index (κ1) is 16.1. The van der Waals surface area contributed by atoms with Crippen molar-refractivity contribution < 1.29 is 13.6 Å². The van der Waals surface area contributed by atoms with Gasteiger partial charge in [0.25, 0.3) is 0 Å². The summed E-state index contributed by atoms with van der Waals surface area (Å²) in [7, 11) is 0. The van der Waals surface area contributed by atoms with E-state index in [2.05, 4.69) is 0 Å². The molecule has 0 aromatic heterocycles. The SMILES string of the molecule is CCN(C(=O)Cc1cccc2ccccc12)c1ccc(F)c(F)c1. The summed E-state index contributed by atoms with van der Waals surface area (Å²) >= 11 is 0. The molecule has 0 N–H and O–H groups in total. The average Bonchev–Trinajstić information content (AvgIpc) is 2.59. The maximum Gasteiger partial charge on any atom is 0.231 e. The monoisotopic (exact) mass is 325 g/mol. The summed E-state index contributed by atoms with van der Waals surface area (Å²) in [4.78, 5) is 14.2. The Kier molecular flexibility index (Phi) is 4.56. The van der Waals surface area contributed by atoms with E-state index in [9.17, 15) is 13.6 Å². The van der Waals surface area contributed by atoms with Crippen LogP contribution in [0.5, 0.6) is 0 Å². The van der Waals surface area contributed by atoms with Crippen molar-refractivity contribution in [3.8, 4) is 0 Å². The van der Waals surface area contributed by atoms with E-state index >= 15 is 0 Å². The number of carbonyl (C=O) groups is 1. The first-order valence-electron chi connectivity index (χ1n) is 7.82. The van der Waals surface area contributed by atoms with Gasteiger partial charge in [0.05, 0.1) is 6.42 Å². The molecule has 24 heavy (non-hydrogen) atoms. The first-order chi connectivity index (χ1) is 11.6. The molecule has 0 saturated heterocycles. The summed E-state index contributed by atoms with van der Waals surface area (Å²) < 4.78 is 26.6. The summed E-state index contributed by atoms with van der Waals surface area (Å²) in [5.74, 6) is -2.03. The Hall–Kier alpha value is -2.75. The number of carbonyl (C=O) groups excluding carboxylic acids is 1. The van der Waals surface area contributed by atoms with Crippen molar-refractivity contribution in [1.29, 1.82) is 0 Å². The van der Waals surface area contributed by atoms with Crippen LogP contribution >= 0.6 is 0 Å². The second-order valence-electron chi connectivity index (χ2n) is 5.55. The Labute approximate surface area is 139 Å². The molecule has 122 valence electrons. The number of benzene rings is 3. The van der Waals surface area contributed by atoms with E-state index < -0.39 is 11.6 Å². The number of halogens is 2. The highest BCUT2D eigenvalue weighted by atomic mass is 19.2.